The number of fused-ring (bicyclic) bond motifs is 1. The van der Waals surface area contributed by atoms with Crippen LogP contribution in [0.3, 0.4) is 0 Å². The van der Waals surface area contributed by atoms with E-state index in [1.807, 2.05) is 0 Å². The van der Waals surface area contributed by atoms with E-state index in [1.165, 1.54) is 31.4 Å². The monoisotopic (exact) mass is 435 g/mol. The van der Waals surface area contributed by atoms with Gasteiger partial charge in [-0.1, -0.05) is 12.1 Å². The quantitative estimate of drug-likeness (QED) is 0.411. The third kappa shape index (κ3) is 4.34. The van der Waals surface area contributed by atoms with Crippen LogP contribution in [0.1, 0.15) is 50.6 Å². The first kappa shape index (κ1) is 22.6. The maximum atomic E-state index is 13.5. The Morgan fingerprint density at radius 3 is 2.09 bits per heavy atom. The molecule has 8 heteroatoms. The number of methoxy groups -OCH3 is 1. The molecule has 0 aliphatic carbocycles. The molecule has 1 heterocycles. The first-order valence-electron chi connectivity index (χ1n) is 9.92. The molecule has 0 amide bonds. The standard InChI is InChI=1S/C24H21NO7/c1-4-31-23(28)18-19(21(26)14-10-12-15(30-3)13-11-14)22(27)16-8-6-7-9-17(16)25-20(18)24(29)32-5-2/h6-13H,4-5H2,1-3H3. The average molecular weight is 435 g/mol. The number of nitrogens with zero attached hydrogens (tertiary/aromatic N) is 1. The summed E-state index contributed by atoms with van der Waals surface area (Å²) in [5.74, 6) is -2.21. The van der Waals surface area contributed by atoms with Crippen molar-refractivity contribution in [3.8, 4) is 5.75 Å². The van der Waals surface area contributed by atoms with Crippen molar-refractivity contribution in [3.05, 3.63) is 81.1 Å². The fraction of sp³-hybridized carbons (Fsp3) is 0.208. The second-order valence-electron chi connectivity index (χ2n) is 6.56. The molecule has 0 aliphatic heterocycles. The van der Waals surface area contributed by atoms with Gasteiger partial charge in [-0.25, -0.2) is 14.6 Å². The zero-order valence-electron chi connectivity index (χ0n) is 17.8. The van der Waals surface area contributed by atoms with Crippen LogP contribution < -0.4 is 10.2 Å². The number of esters is 2. The summed E-state index contributed by atoms with van der Waals surface area (Å²) in [6.07, 6.45) is 0. The Kier molecular flexibility index (Phi) is 6.94. The van der Waals surface area contributed by atoms with Gasteiger partial charge in [-0.3, -0.25) is 9.59 Å². The minimum absolute atomic E-state index is 0.00527. The van der Waals surface area contributed by atoms with Crippen LogP contribution in [-0.2, 0) is 9.47 Å². The largest absolute Gasteiger partial charge is 0.497 e. The summed E-state index contributed by atoms with van der Waals surface area (Å²) in [5, 5.41) is 0.0745. The number of carbonyl (C=O) groups is 3. The summed E-state index contributed by atoms with van der Waals surface area (Å²) < 4.78 is 15.2. The fourth-order valence-corrected chi connectivity index (χ4v) is 3.16. The molecule has 2 aromatic carbocycles. The smallest absolute Gasteiger partial charge is 0.357 e. The number of hydrogen-bond donors (Lipinski definition) is 0. The lowest BCUT2D eigenvalue weighted by molar-refractivity contribution is 0.0473. The van der Waals surface area contributed by atoms with Gasteiger partial charge in [0.2, 0.25) is 0 Å². The average Bonchev–Trinajstić information content (AvgIpc) is 2.93. The van der Waals surface area contributed by atoms with E-state index in [0.29, 0.717) is 5.75 Å². The van der Waals surface area contributed by atoms with Crippen molar-refractivity contribution >= 4 is 28.6 Å². The highest BCUT2D eigenvalue weighted by atomic mass is 16.5. The summed E-state index contributed by atoms with van der Waals surface area (Å²) in [6, 6.07) is 12.2. The maximum absolute atomic E-state index is 13.5. The molecule has 0 spiro atoms. The highest BCUT2D eigenvalue weighted by Gasteiger charge is 2.31. The van der Waals surface area contributed by atoms with Crippen molar-refractivity contribution in [1.29, 1.82) is 0 Å². The van der Waals surface area contributed by atoms with Gasteiger partial charge in [0.1, 0.15) is 11.3 Å². The second-order valence-corrected chi connectivity index (χ2v) is 6.56. The predicted octanol–water partition coefficient (Wildman–Crippen LogP) is 3.19. The normalized spacial score (nSPS) is 10.5. The highest BCUT2D eigenvalue weighted by molar-refractivity contribution is 6.18. The SMILES string of the molecule is CCOC(=O)c1nc2ccccc2c(=O)c(C(=O)c2ccc(OC)cc2)c1C(=O)OCC. The zero-order chi connectivity index (χ0) is 23.3. The van der Waals surface area contributed by atoms with E-state index in [4.69, 9.17) is 14.2 Å². The molecule has 0 aliphatic rings. The maximum Gasteiger partial charge on any atom is 0.357 e. The third-order valence-corrected chi connectivity index (χ3v) is 4.62. The van der Waals surface area contributed by atoms with Gasteiger partial charge in [0, 0.05) is 10.9 Å². The minimum Gasteiger partial charge on any atom is -0.497 e. The van der Waals surface area contributed by atoms with Gasteiger partial charge in [-0.15, -0.1) is 0 Å². The summed E-state index contributed by atoms with van der Waals surface area (Å²) in [7, 11) is 1.48. The molecule has 0 radical (unpaired) electrons. The fourth-order valence-electron chi connectivity index (χ4n) is 3.16. The Labute approximate surface area is 183 Å². The van der Waals surface area contributed by atoms with Crippen LogP contribution in [-0.4, -0.2) is 43.0 Å². The lowest BCUT2D eigenvalue weighted by Crippen LogP contribution is -2.23. The molecule has 0 atom stereocenters. The lowest BCUT2D eigenvalue weighted by atomic mass is 9.97. The number of benzene rings is 2. The van der Waals surface area contributed by atoms with E-state index in [0.717, 1.165) is 0 Å². The number of rotatable bonds is 7. The molecule has 3 aromatic rings. The molecule has 32 heavy (non-hydrogen) atoms. The highest BCUT2D eigenvalue weighted by Crippen LogP contribution is 2.21. The van der Waals surface area contributed by atoms with E-state index in [-0.39, 0.29) is 29.7 Å². The minimum atomic E-state index is -1.02. The summed E-state index contributed by atoms with van der Waals surface area (Å²) in [5.41, 5.74) is -1.97. The molecule has 0 saturated heterocycles. The number of para-hydroxylation sites is 1. The molecule has 0 N–H and O–H groups in total. The van der Waals surface area contributed by atoms with Gasteiger partial charge in [0.05, 0.1) is 31.4 Å². The van der Waals surface area contributed by atoms with Crippen molar-refractivity contribution in [2.75, 3.05) is 20.3 Å². The van der Waals surface area contributed by atoms with Crippen LogP contribution in [0.15, 0.2) is 53.3 Å². The summed E-state index contributed by atoms with van der Waals surface area (Å²) in [6.45, 7) is 3.12. The van der Waals surface area contributed by atoms with Crippen LogP contribution in [0.4, 0.5) is 0 Å². The van der Waals surface area contributed by atoms with E-state index in [2.05, 4.69) is 4.98 Å². The molecule has 1 aromatic heterocycles. The van der Waals surface area contributed by atoms with E-state index in [1.54, 1.807) is 38.1 Å². The molecular formula is C24H21NO7. The van der Waals surface area contributed by atoms with Gasteiger partial charge in [0.15, 0.2) is 16.9 Å². The van der Waals surface area contributed by atoms with Crippen molar-refractivity contribution in [2.45, 2.75) is 13.8 Å². The first-order chi connectivity index (χ1) is 15.4. The van der Waals surface area contributed by atoms with Gasteiger partial charge >= 0.3 is 11.9 Å². The number of aromatic nitrogens is 1. The van der Waals surface area contributed by atoms with Crippen molar-refractivity contribution in [1.82, 2.24) is 4.98 Å². The van der Waals surface area contributed by atoms with Gasteiger partial charge < -0.3 is 14.2 Å². The Bertz CT molecular complexity index is 1250. The molecule has 8 nitrogen and oxygen atoms in total. The molecule has 3 rings (SSSR count). The van der Waals surface area contributed by atoms with E-state index >= 15 is 0 Å². The molecular weight excluding hydrogens is 414 g/mol. The van der Waals surface area contributed by atoms with Gasteiger partial charge in [-0.2, -0.15) is 0 Å². The van der Waals surface area contributed by atoms with Crippen molar-refractivity contribution in [2.24, 2.45) is 0 Å². The van der Waals surface area contributed by atoms with Crippen LogP contribution in [0.2, 0.25) is 0 Å². The molecule has 0 fully saturated rings. The molecule has 0 bridgehead atoms. The summed E-state index contributed by atoms with van der Waals surface area (Å²) in [4.78, 5) is 56.9. The molecule has 0 saturated carbocycles. The Hall–Kier alpha value is -4.07. The zero-order valence-corrected chi connectivity index (χ0v) is 17.8. The third-order valence-electron chi connectivity index (χ3n) is 4.62. The second kappa shape index (κ2) is 9.82. The van der Waals surface area contributed by atoms with E-state index in [9.17, 15) is 19.2 Å². The Morgan fingerprint density at radius 1 is 0.844 bits per heavy atom. The van der Waals surface area contributed by atoms with E-state index < -0.39 is 40.0 Å². The number of hydrogen-bond acceptors (Lipinski definition) is 8. The number of carbonyl (C=O) groups excluding carboxylic acids is 3. The van der Waals surface area contributed by atoms with Crippen LogP contribution in [0.25, 0.3) is 10.9 Å². The van der Waals surface area contributed by atoms with Crippen LogP contribution in [0.5, 0.6) is 5.75 Å². The Morgan fingerprint density at radius 2 is 1.47 bits per heavy atom. The first-order valence-corrected chi connectivity index (χ1v) is 9.92. The lowest BCUT2D eigenvalue weighted by Gasteiger charge is -2.09. The number of ketones is 1. The predicted molar refractivity (Wildman–Crippen MR) is 116 cm³/mol. The number of ether oxygens (including phenoxy) is 3. The summed E-state index contributed by atoms with van der Waals surface area (Å²) >= 11 is 0. The van der Waals surface area contributed by atoms with Gasteiger partial charge in [-0.05, 0) is 50.2 Å². The topological polar surface area (TPSA) is 109 Å². The van der Waals surface area contributed by atoms with Crippen molar-refractivity contribution in [3.63, 3.8) is 0 Å². The van der Waals surface area contributed by atoms with Crippen LogP contribution >= 0.6 is 0 Å². The van der Waals surface area contributed by atoms with Crippen LogP contribution in [0, 0.1) is 0 Å². The Balaban J connectivity index is 2.45. The van der Waals surface area contributed by atoms with Crippen molar-refractivity contribution < 1.29 is 28.6 Å². The van der Waals surface area contributed by atoms with Gasteiger partial charge in [0.25, 0.3) is 0 Å². The molecule has 164 valence electrons. The molecule has 0 unspecified atom stereocenters.